The van der Waals surface area contributed by atoms with Crippen molar-refractivity contribution < 1.29 is 14.0 Å². The summed E-state index contributed by atoms with van der Waals surface area (Å²) >= 11 is 1.33. The lowest BCUT2D eigenvalue weighted by molar-refractivity contribution is -0.119. The third kappa shape index (κ3) is 3.24. The summed E-state index contributed by atoms with van der Waals surface area (Å²) in [6.07, 6.45) is 0. The van der Waals surface area contributed by atoms with Gasteiger partial charge in [0, 0.05) is 19.8 Å². The molecule has 0 saturated heterocycles. The molecule has 26 heavy (non-hydrogen) atoms. The van der Waals surface area contributed by atoms with E-state index in [0.717, 1.165) is 5.69 Å². The van der Waals surface area contributed by atoms with E-state index in [1.54, 1.807) is 12.1 Å². The highest BCUT2D eigenvalue weighted by Crippen LogP contribution is 2.38. The van der Waals surface area contributed by atoms with Crippen LogP contribution in [0, 0.1) is 5.82 Å². The molecular formula is C20H19FN2O2S. The van der Waals surface area contributed by atoms with Crippen molar-refractivity contribution in [2.75, 3.05) is 29.6 Å². The highest BCUT2D eigenvalue weighted by molar-refractivity contribution is 8.04. The third-order valence-electron chi connectivity index (χ3n) is 4.07. The second-order valence-corrected chi connectivity index (χ2v) is 7.28. The topological polar surface area (TPSA) is 40.6 Å². The van der Waals surface area contributed by atoms with Gasteiger partial charge in [-0.15, -0.1) is 11.8 Å². The molecule has 2 aromatic carbocycles. The zero-order valence-electron chi connectivity index (χ0n) is 14.8. The molecule has 2 amide bonds. The summed E-state index contributed by atoms with van der Waals surface area (Å²) < 4.78 is 13.3. The molecule has 0 spiro atoms. The maximum absolute atomic E-state index is 13.3. The summed E-state index contributed by atoms with van der Waals surface area (Å²) in [5, 5.41) is 0. The second kappa shape index (κ2) is 7.33. The number of carbonyl (C=O) groups excluding carboxylic acids is 2. The van der Waals surface area contributed by atoms with Gasteiger partial charge in [0.05, 0.1) is 16.2 Å². The van der Waals surface area contributed by atoms with Crippen LogP contribution in [0.15, 0.2) is 53.4 Å². The van der Waals surface area contributed by atoms with Gasteiger partial charge >= 0.3 is 0 Å². The molecule has 6 heteroatoms. The van der Waals surface area contributed by atoms with Gasteiger partial charge in [0.15, 0.2) is 0 Å². The van der Waals surface area contributed by atoms with Gasteiger partial charge in [-0.05, 0) is 41.6 Å². The number of rotatable bonds is 5. The Morgan fingerprint density at radius 2 is 1.73 bits per heavy atom. The maximum Gasteiger partial charge on any atom is 0.272 e. The lowest BCUT2D eigenvalue weighted by Gasteiger charge is -2.19. The molecule has 134 valence electrons. The van der Waals surface area contributed by atoms with Crippen molar-refractivity contribution in [2.45, 2.75) is 6.92 Å². The molecule has 1 aliphatic rings. The molecule has 0 aromatic heterocycles. The molecule has 4 nitrogen and oxygen atoms in total. The van der Waals surface area contributed by atoms with E-state index in [1.807, 2.05) is 38.1 Å². The van der Waals surface area contributed by atoms with Gasteiger partial charge in [0.25, 0.3) is 11.8 Å². The Morgan fingerprint density at radius 1 is 1.04 bits per heavy atom. The number of anilines is 2. The van der Waals surface area contributed by atoms with Crippen LogP contribution in [0.4, 0.5) is 15.8 Å². The van der Waals surface area contributed by atoms with Crippen LogP contribution >= 0.6 is 11.8 Å². The number of halogens is 1. The third-order valence-corrected chi connectivity index (χ3v) is 5.02. The minimum atomic E-state index is -0.383. The molecule has 0 radical (unpaired) electrons. The molecule has 0 fully saturated rings. The Labute approximate surface area is 156 Å². The first-order chi connectivity index (χ1) is 12.4. The van der Waals surface area contributed by atoms with Gasteiger partial charge < -0.3 is 4.90 Å². The average molecular weight is 370 g/mol. The summed E-state index contributed by atoms with van der Waals surface area (Å²) in [5.41, 5.74) is 2.30. The molecule has 0 unspecified atom stereocenters. The Hall–Kier alpha value is -2.60. The lowest BCUT2D eigenvalue weighted by atomic mass is 10.1. The Morgan fingerprint density at radius 3 is 2.35 bits per heavy atom. The highest BCUT2D eigenvalue weighted by Gasteiger charge is 2.40. The summed E-state index contributed by atoms with van der Waals surface area (Å²) in [5.74, 6) is -0.443. The van der Waals surface area contributed by atoms with Crippen LogP contribution in [0.25, 0.3) is 5.57 Å². The Balaban J connectivity index is 2.07. The Bertz CT molecular complexity index is 891. The van der Waals surface area contributed by atoms with Crippen LogP contribution in [0.1, 0.15) is 12.5 Å². The molecule has 0 saturated carbocycles. The van der Waals surface area contributed by atoms with Gasteiger partial charge in [-0.25, -0.2) is 9.29 Å². The minimum Gasteiger partial charge on any atom is -0.378 e. The Kier molecular flexibility index (Phi) is 5.13. The highest BCUT2D eigenvalue weighted by atomic mass is 32.2. The lowest BCUT2D eigenvalue weighted by Crippen LogP contribution is -2.31. The fourth-order valence-corrected chi connectivity index (χ4v) is 3.66. The second-order valence-electron chi connectivity index (χ2n) is 6.00. The predicted octanol–water partition coefficient (Wildman–Crippen LogP) is 3.93. The molecular weight excluding hydrogens is 351 g/mol. The van der Waals surface area contributed by atoms with E-state index >= 15 is 0 Å². The predicted molar refractivity (Wildman–Crippen MR) is 105 cm³/mol. The molecule has 3 rings (SSSR count). The summed E-state index contributed by atoms with van der Waals surface area (Å²) in [6, 6.07) is 12.9. The fourth-order valence-electron chi connectivity index (χ4n) is 2.80. The van der Waals surface area contributed by atoms with Crippen LogP contribution in [0.5, 0.6) is 0 Å². The van der Waals surface area contributed by atoms with Crippen molar-refractivity contribution in [3.63, 3.8) is 0 Å². The average Bonchev–Trinajstić information content (AvgIpc) is 2.86. The van der Waals surface area contributed by atoms with Crippen molar-refractivity contribution in [2.24, 2.45) is 0 Å². The standard InChI is InChI=1S/C20H19FN2O2S/c1-4-26-18-17(13-8-10-14(21)11-9-13)19(24)23(20(18)25)16-7-5-6-15(12-16)22(2)3/h5-12H,4H2,1-3H3. The van der Waals surface area contributed by atoms with Gasteiger partial charge in [0.1, 0.15) is 5.82 Å². The molecule has 0 aliphatic carbocycles. The molecule has 2 aromatic rings. The quantitative estimate of drug-likeness (QED) is 0.748. The summed E-state index contributed by atoms with van der Waals surface area (Å²) in [7, 11) is 3.79. The summed E-state index contributed by atoms with van der Waals surface area (Å²) in [6.45, 7) is 1.92. The molecule has 0 bridgehead atoms. The number of carbonyl (C=O) groups is 2. The van der Waals surface area contributed by atoms with E-state index in [2.05, 4.69) is 0 Å². The van der Waals surface area contributed by atoms with E-state index < -0.39 is 0 Å². The van der Waals surface area contributed by atoms with Crippen molar-refractivity contribution in [1.82, 2.24) is 0 Å². The van der Waals surface area contributed by atoms with Crippen LogP contribution in [0.3, 0.4) is 0 Å². The van der Waals surface area contributed by atoms with Crippen molar-refractivity contribution in [3.05, 3.63) is 64.8 Å². The smallest absolute Gasteiger partial charge is 0.272 e. The maximum atomic E-state index is 13.3. The SMILES string of the molecule is CCSC1=C(c2ccc(F)cc2)C(=O)N(c2cccc(N(C)C)c2)C1=O. The number of thioether (sulfide) groups is 1. The minimum absolute atomic E-state index is 0.331. The van der Waals surface area contributed by atoms with Crippen molar-refractivity contribution in [1.29, 1.82) is 0 Å². The molecule has 0 N–H and O–H groups in total. The zero-order valence-corrected chi connectivity index (χ0v) is 15.6. The number of hydrogen-bond acceptors (Lipinski definition) is 4. The molecule has 1 heterocycles. The summed E-state index contributed by atoms with van der Waals surface area (Å²) in [4.78, 5) is 29.6. The van der Waals surface area contributed by atoms with Gasteiger partial charge in [-0.2, -0.15) is 0 Å². The number of nitrogens with zero attached hydrogens (tertiary/aromatic N) is 2. The molecule has 1 aliphatic heterocycles. The first kappa shape index (κ1) is 18.2. The number of benzene rings is 2. The molecule has 0 atom stereocenters. The largest absolute Gasteiger partial charge is 0.378 e. The first-order valence-corrected chi connectivity index (χ1v) is 9.21. The van der Waals surface area contributed by atoms with Crippen LogP contribution < -0.4 is 9.80 Å². The van der Waals surface area contributed by atoms with Crippen LogP contribution in [0.2, 0.25) is 0 Å². The van der Waals surface area contributed by atoms with Crippen LogP contribution in [-0.2, 0) is 9.59 Å². The number of amides is 2. The fraction of sp³-hybridized carbons (Fsp3) is 0.200. The van der Waals surface area contributed by atoms with Crippen molar-refractivity contribution >= 4 is 40.5 Å². The number of hydrogen-bond donors (Lipinski definition) is 0. The van der Waals surface area contributed by atoms with Gasteiger partial charge in [-0.3, -0.25) is 9.59 Å². The van der Waals surface area contributed by atoms with E-state index in [1.165, 1.54) is 40.9 Å². The first-order valence-electron chi connectivity index (χ1n) is 8.23. The van der Waals surface area contributed by atoms with E-state index in [-0.39, 0.29) is 17.6 Å². The van der Waals surface area contributed by atoms with E-state index in [4.69, 9.17) is 0 Å². The van der Waals surface area contributed by atoms with E-state index in [0.29, 0.717) is 27.5 Å². The van der Waals surface area contributed by atoms with Gasteiger partial charge in [-0.1, -0.05) is 25.1 Å². The zero-order chi connectivity index (χ0) is 18.8. The number of imide groups is 1. The monoisotopic (exact) mass is 370 g/mol. The normalized spacial score (nSPS) is 14.4. The van der Waals surface area contributed by atoms with E-state index in [9.17, 15) is 14.0 Å². The van der Waals surface area contributed by atoms with Gasteiger partial charge in [0.2, 0.25) is 0 Å². The van der Waals surface area contributed by atoms with Crippen molar-refractivity contribution in [3.8, 4) is 0 Å². The van der Waals surface area contributed by atoms with Crippen LogP contribution in [-0.4, -0.2) is 31.7 Å².